The first-order valence-corrected chi connectivity index (χ1v) is 6.83. The summed E-state index contributed by atoms with van der Waals surface area (Å²) >= 11 is 0. The SMILES string of the molecule is CNCCC1CCCCN1c1cncc2nnnn12. The van der Waals surface area contributed by atoms with Crippen molar-refractivity contribution in [3.63, 3.8) is 0 Å². The number of hydrogen-bond acceptors (Lipinski definition) is 6. The largest absolute Gasteiger partial charge is 0.352 e. The Balaban J connectivity index is 1.91. The van der Waals surface area contributed by atoms with Gasteiger partial charge in [0.1, 0.15) is 0 Å². The van der Waals surface area contributed by atoms with Gasteiger partial charge in [0.15, 0.2) is 11.5 Å². The van der Waals surface area contributed by atoms with Crippen LogP contribution in [-0.4, -0.2) is 51.2 Å². The topological polar surface area (TPSA) is 71.2 Å². The molecule has 0 radical (unpaired) electrons. The molecule has 0 aliphatic carbocycles. The van der Waals surface area contributed by atoms with E-state index in [1.165, 1.54) is 19.3 Å². The number of anilines is 1. The van der Waals surface area contributed by atoms with Crippen LogP contribution in [0.15, 0.2) is 12.4 Å². The van der Waals surface area contributed by atoms with Crippen molar-refractivity contribution in [2.24, 2.45) is 0 Å². The van der Waals surface area contributed by atoms with Crippen LogP contribution >= 0.6 is 0 Å². The standard InChI is InChI=1S/C12H19N7/c1-13-6-5-10-4-2-3-7-18(10)12-9-14-8-11-15-16-17-19(11)12/h8-10,13H,2-7H2,1H3. The van der Waals surface area contributed by atoms with E-state index in [4.69, 9.17) is 0 Å². The van der Waals surface area contributed by atoms with E-state index in [0.29, 0.717) is 11.7 Å². The van der Waals surface area contributed by atoms with Crippen molar-refractivity contribution in [1.82, 2.24) is 30.3 Å². The minimum absolute atomic E-state index is 0.540. The molecule has 2 aromatic heterocycles. The summed E-state index contributed by atoms with van der Waals surface area (Å²) in [6.45, 7) is 2.08. The van der Waals surface area contributed by atoms with Crippen LogP contribution in [0, 0.1) is 0 Å². The first-order chi connectivity index (χ1) is 9.40. The Morgan fingerprint density at radius 3 is 3.21 bits per heavy atom. The average Bonchev–Trinajstić information content (AvgIpc) is 2.94. The van der Waals surface area contributed by atoms with Crippen LogP contribution in [0.5, 0.6) is 0 Å². The first-order valence-electron chi connectivity index (χ1n) is 6.83. The highest BCUT2D eigenvalue weighted by molar-refractivity contribution is 5.47. The van der Waals surface area contributed by atoms with Crippen LogP contribution in [0.4, 0.5) is 5.82 Å². The van der Waals surface area contributed by atoms with Crippen molar-refractivity contribution >= 4 is 11.5 Å². The molecule has 1 N–H and O–H groups in total. The Kier molecular flexibility index (Phi) is 3.54. The highest BCUT2D eigenvalue weighted by atomic mass is 15.5. The second-order valence-electron chi connectivity index (χ2n) is 4.95. The van der Waals surface area contributed by atoms with Gasteiger partial charge in [0.2, 0.25) is 0 Å². The molecular weight excluding hydrogens is 242 g/mol. The second-order valence-corrected chi connectivity index (χ2v) is 4.95. The predicted octanol–water partition coefficient (Wildman–Crippen LogP) is 0.488. The third-order valence-electron chi connectivity index (χ3n) is 3.74. The maximum Gasteiger partial charge on any atom is 0.199 e. The third kappa shape index (κ3) is 2.37. The maximum absolute atomic E-state index is 4.25. The van der Waals surface area contributed by atoms with E-state index in [9.17, 15) is 0 Å². The van der Waals surface area contributed by atoms with Crippen molar-refractivity contribution in [3.8, 4) is 0 Å². The lowest BCUT2D eigenvalue weighted by Gasteiger charge is -2.37. The first kappa shape index (κ1) is 12.3. The lowest BCUT2D eigenvalue weighted by Crippen LogP contribution is -2.42. The van der Waals surface area contributed by atoms with Crippen molar-refractivity contribution in [1.29, 1.82) is 0 Å². The summed E-state index contributed by atoms with van der Waals surface area (Å²) in [5.74, 6) is 1.00. The van der Waals surface area contributed by atoms with Crippen LogP contribution in [-0.2, 0) is 0 Å². The van der Waals surface area contributed by atoms with Gasteiger partial charge in [-0.2, -0.15) is 4.52 Å². The minimum Gasteiger partial charge on any atom is -0.352 e. The molecule has 7 nitrogen and oxygen atoms in total. The van der Waals surface area contributed by atoms with Crippen LogP contribution in [0.1, 0.15) is 25.7 Å². The van der Waals surface area contributed by atoms with Gasteiger partial charge in [-0.05, 0) is 49.7 Å². The quantitative estimate of drug-likeness (QED) is 0.863. The van der Waals surface area contributed by atoms with E-state index in [2.05, 4.69) is 30.7 Å². The molecule has 102 valence electrons. The molecule has 0 saturated carbocycles. The zero-order valence-electron chi connectivity index (χ0n) is 11.2. The van der Waals surface area contributed by atoms with E-state index in [-0.39, 0.29) is 0 Å². The third-order valence-corrected chi connectivity index (χ3v) is 3.74. The molecule has 0 aromatic carbocycles. The number of hydrogen-bond donors (Lipinski definition) is 1. The Morgan fingerprint density at radius 2 is 2.32 bits per heavy atom. The summed E-state index contributed by atoms with van der Waals surface area (Å²) in [5.41, 5.74) is 0.704. The number of aromatic nitrogens is 5. The fourth-order valence-electron chi connectivity index (χ4n) is 2.77. The van der Waals surface area contributed by atoms with Gasteiger partial charge in [-0.3, -0.25) is 4.98 Å². The van der Waals surface area contributed by atoms with E-state index in [0.717, 1.165) is 25.3 Å². The van der Waals surface area contributed by atoms with Crippen LogP contribution < -0.4 is 10.2 Å². The van der Waals surface area contributed by atoms with Gasteiger partial charge in [-0.15, -0.1) is 5.10 Å². The summed E-state index contributed by atoms with van der Waals surface area (Å²) in [7, 11) is 2.00. The molecule has 1 aliphatic heterocycles. The number of piperidine rings is 1. The molecule has 2 aromatic rings. The lowest BCUT2D eigenvalue weighted by molar-refractivity contribution is 0.427. The predicted molar refractivity (Wildman–Crippen MR) is 72.1 cm³/mol. The molecule has 0 spiro atoms. The number of nitrogens with one attached hydrogen (secondary N) is 1. The van der Waals surface area contributed by atoms with Gasteiger partial charge in [0.25, 0.3) is 0 Å². The summed E-state index contributed by atoms with van der Waals surface area (Å²) in [5, 5.41) is 15.0. The average molecular weight is 261 g/mol. The van der Waals surface area contributed by atoms with Gasteiger partial charge in [-0.25, -0.2) is 0 Å². The van der Waals surface area contributed by atoms with Crippen molar-refractivity contribution < 1.29 is 0 Å². The number of rotatable bonds is 4. The van der Waals surface area contributed by atoms with Crippen molar-refractivity contribution in [3.05, 3.63) is 12.4 Å². The zero-order valence-corrected chi connectivity index (χ0v) is 11.2. The minimum atomic E-state index is 0.540. The molecule has 3 rings (SSSR count). The fourth-order valence-corrected chi connectivity index (χ4v) is 2.77. The Bertz CT molecular complexity index is 538. The van der Waals surface area contributed by atoms with Gasteiger partial charge in [0, 0.05) is 12.6 Å². The van der Waals surface area contributed by atoms with Gasteiger partial charge >= 0.3 is 0 Å². The van der Waals surface area contributed by atoms with E-state index in [1.54, 1.807) is 10.7 Å². The lowest BCUT2D eigenvalue weighted by atomic mass is 9.99. The highest BCUT2D eigenvalue weighted by Crippen LogP contribution is 2.25. The molecule has 0 bridgehead atoms. The summed E-state index contributed by atoms with van der Waals surface area (Å²) < 4.78 is 1.78. The number of fused-ring (bicyclic) bond motifs is 1. The molecule has 7 heteroatoms. The van der Waals surface area contributed by atoms with Crippen molar-refractivity contribution in [2.45, 2.75) is 31.7 Å². The maximum atomic E-state index is 4.25. The van der Waals surface area contributed by atoms with E-state index < -0.39 is 0 Å². The molecule has 1 atom stereocenters. The van der Waals surface area contributed by atoms with Crippen LogP contribution in [0.25, 0.3) is 5.65 Å². The number of nitrogens with zero attached hydrogens (tertiary/aromatic N) is 6. The molecular formula is C12H19N7. The van der Waals surface area contributed by atoms with Gasteiger partial charge in [0.05, 0.1) is 12.4 Å². The Morgan fingerprint density at radius 1 is 1.37 bits per heavy atom. The summed E-state index contributed by atoms with van der Waals surface area (Å²) in [4.78, 5) is 6.65. The highest BCUT2D eigenvalue weighted by Gasteiger charge is 2.24. The molecule has 1 saturated heterocycles. The Labute approximate surface area is 112 Å². The normalized spacial score (nSPS) is 20.1. The van der Waals surface area contributed by atoms with E-state index in [1.807, 2.05) is 13.2 Å². The molecule has 0 amide bonds. The Hall–Kier alpha value is -1.76. The monoisotopic (exact) mass is 261 g/mol. The van der Waals surface area contributed by atoms with E-state index >= 15 is 0 Å². The van der Waals surface area contributed by atoms with Gasteiger partial charge in [-0.1, -0.05) is 0 Å². The molecule has 1 unspecified atom stereocenters. The molecule has 3 heterocycles. The van der Waals surface area contributed by atoms with Crippen LogP contribution in [0.2, 0.25) is 0 Å². The number of tetrazole rings is 1. The second kappa shape index (κ2) is 5.48. The summed E-state index contributed by atoms with van der Waals surface area (Å²) in [6, 6.07) is 0.540. The molecule has 19 heavy (non-hydrogen) atoms. The fraction of sp³-hybridized carbons (Fsp3) is 0.667. The summed E-state index contributed by atoms with van der Waals surface area (Å²) in [6.07, 6.45) is 8.42. The van der Waals surface area contributed by atoms with Crippen LogP contribution in [0.3, 0.4) is 0 Å². The smallest absolute Gasteiger partial charge is 0.199 e. The van der Waals surface area contributed by atoms with Gasteiger partial charge < -0.3 is 10.2 Å². The zero-order chi connectivity index (χ0) is 13.1. The molecule has 1 aliphatic rings. The molecule has 1 fully saturated rings. The van der Waals surface area contributed by atoms with Crippen molar-refractivity contribution in [2.75, 3.05) is 25.0 Å².